The summed E-state index contributed by atoms with van der Waals surface area (Å²) in [5.41, 5.74) is 8.81. The summed E-state index contributed by atoms with van der Waals surface area (Å²) in [5.74, 6) is 0.845. The van der Waals surface area contributed by atoms with Gasteiger partial charge in [0.1, 0.15) is 5.82 Å². The van der Waals surface area contributed by atoms with E-state index in [1.54, 1.807) is 6.20 Å². The molecule has 82 valence electrons. The summed E-state index contributed by atoms with van der Waals surface area (Å²) >= 11 is 0. The molecule has 3 heteroatoms. The molecule has 1 aromatic heterocycles. The lowest BCUT2D eigenvalue weighted by atomic mass is 10.1. The molecule has 0 unspecified atom stereocenters. The van der Waals surface area contributed by atoms with Crippen molar-refractivity contribution in [3.8, 4) is 0 Å². The molecule has 0 aliphatic rings. The predicted molar refractivity (Wildman–Crippen MR) is 67.2 cm³/mol. The maximum absolute atomic E-state index is 5.57. The number of nitrogens with two attached hydrogens (primary N) is 1. The van der Waals surface area contributed by atoms with Crippen LogP contribution < -0.4 is 11.1 Å². The lowest BCUT2D eigenvalue weighted by Gasteiger charge is -2.08. The van der Waals surface area contributed by atoms with Crippen molar-refractivity contribution >= 4 is 11.5 Å². The molecule has 1 aromatic carbocycles. The van der Waals surface area contributed by atoms with Gasteiger partial charge in [-0.1, -0.05) is 24.3 Å². The highest BCUT2D eigenvalue weighted by atomic mass is 15.0. The van der Waals surface area contributed by atoms with Crippen LogP contribution in [0.5, 0.6) is 0 Å². The zero-order valence-corrected chi connectivity index (χ0v) is 9.27. The fraction of sp³-hybridized carbons (Fsp3) is 0.154. The quantitative estimate of drug-likeness (QED) is 0.824. The molecule has 0 spiro atoms. The fourth-order valence-corrected chi connectivity index (χ4v) is 1.50. The molecule has 0 bridgehead atoms. The third-order valence-electron chi connectivity index (χ3n) is 2.51. The molecule has 0 saturated heterocycles. The molecular weight excluding hydrogens is 198 g/mol. The van der Waals surface area contributed by atoms with Gasteiger partial charge < -0.3 is 11.1 Å². The van der Waals surface area contributed by atoms with Crippen LogP contribution in [-0.2, 0) is 6.54 Å². The minimum Gasteiger partial charge on any atom is -0.397 e. The second-order valence-electron chi connectivity index (χ2n) is 3.76. The van der Waals surface area contributed by atoms with E-state index in [2.05, 4.69) is 29.4 Å². The Bertz CT molecular complexity index is 463. The van der Waals surface area contributed by atoms with Gasteiger partial charge in [-0.3, -0.25) is 0 Å². The Balaban J connectivity index is 2.02. The van der Waals surface area contributed by atoms with Crippen LogP contribution in [0.3, 0.4) is 0 Å². The summed E-state index contributed by atoms with van der Waals surface area (Å²) in [7, 11) is 0. The third-order valence-corrected chi connectivity index (χ3v) is 2.51. The molecule has 0 fully saturated rings. The van der Waals surface area contributed by atoms with E-state index in [1.165, 1.54) is 11.1 Å². The van der Waals surface area contributed by atoms with Crippen LogP contribution in [0.25, 0.3) is 0 Å². The average molecular weight is 213 g/mol. The Morgan fingerprint density at radius 1 is 1.19 bits per heavy atom. The number of pyridine rings is 1. The maximum atomic E-state index is 5.57. The van der Waals surface area contributed by atoms with Crippen molar-refractivity contribution in [3.63, 3.8) is 0 Å². The number of nitrogen functional groups attached to an aromatic ring is 1. The first-order valence-electron chi connectivity index (χ1n) is 5.25. The van der Waals surface area contributed by atoms with Gasteiger partial charge in [0.25, 0.3) is 0 Å². The highest BCUT2D eigenvalue weighted by molar-refractivity contribution is 5.44. The van der Waals surface area contributed by atoms with Crippen molar-refractivity contribution in [2.75, 3.05) is 11.1 Å². The average Bonchev–Trinajstić information content (AvgIpc) is 2.30. The van der Waals surface area contributed by atoms with Gasteiger partial charge in [0.2, 0.25) is 0 Å². The van der Waals surface area contributed by atoms with Crippen LogP contribution in [0.2, 0.25) is 0 Å². The number of hydrogen-bond donors (Lipinski definition) is 2. The molecule has 0 amide bonds. The van der Waals surface area contributed by atoms with Gasteiger partial charge in [0.05, 0.1) is 11.9 Å². The molecule has 2 rings (SSSR count). The Hall–Kier alpha value is -2.03. The Morgan fingerprint density at radius 3 is 2.69 bits per heavy atom. The molecule has 0 atom stereocenters. The minimum absolute atomic E-state index is 0.682. The van der Waals surface area contributed by atoms with Crippen LogP contribution in [0, 0.1) is 6.92 Å². The van der Waals surface area contributed by atoms with Crippen molar-refractivity contribution < 1.29 is 0 Å². The standard InChI is InChI=1S/C13H15N3/c1-10-4-2-3-5-11(10)8-15-13-7-6-12(14)9-16-13/h2-7,9H,8,14H2,1H3,(H,15,16). The normalized spacial score (nSPS) is 10.1. The zero-order valence-electron chi connectivity index (χ0n) is 9.27. The molecule has 1 heterocycles. The molecule has 3 N–H and O–H groups in total. The monoisotopic (exact) mass is 213 g/mol. The molecule has 0 saturated carbocycles. The summed E-state index contributed by atoms with van der Waals surface area (Å²) in [4.78, 5) is 4.19. The third kappa shape index (κ3) is 2.51. The number of anilines is 2. The van der Waals surface area contributed by atoms with Gasteiger partial charge in [0, 0.05) is 6.54 Å². The Kier molecular flexibility index (Phi) is 3.05. The van der Waals surface area contributed by atoms with Gasteiger partial charge in [-0.05, 0) is 30.2 Å². The van der Waals surface area contributed by atoms with E-state index in [0.29, 0.717) is 5.69 Å². The van der Waals surface area contributed by atoms with Gasteiger partial charge in [-0.2, -0.15) is 0 Å². The molecule has 0 aliphatic carbocycles. The summed E-state index contributed by atoms with van der Waals surface area (Å²) in [5, 5.41) is 3.26. The maximum Gasteiger partial charge on any atom is 0.126 e. The van der Waals surface area contributed by atoms with Gasteiger partial charge in [-0.25, -0.2) is 4.98 Å². The van der Waals surface area contributed by atoms with E-state index < -0.39 is 0 Å². The summed E-state index contributed by atoms with van der Waals surface area (Å²) in [6, 6.07) is 12.0. The molecule has 0 aliphatic heterocycles. The second-order valence-corrected chi connectivity index (χ2v) is 3.76. The Morgan fingerprint density at radius 2 is 2.00 bits per heavy atom. The lowest BCUT2D eigenvalue weighted by molar-refractivity contribution is 1.09. The number of nitrogens with zero attached hydrogens (tertiary/aromatic N) is 1. The van der Waals surface area contributed by atoms with Crippen LogP contribution in [-0.4, -0.2) is 4.98 Å². The first kappa shape index (κ1) is 10.5. The van der Waals surface area contributed by atoms with Crippen molar-refractivity contribution in [1.82, 2.24) is 4.98 Å². The van der Waals surface area contributed by atoms with Crippen molar-refractivity contribution in [3.05, 3.63) is 53.7 Å². The van der Waals surface area contributed by atoms with Crippen LogP contribution >= 0.6 is 0 Å². The van der Waals surface area contributed by atoms with Crippen LogP contribution in [0.4, 0.5) is 11.5 Å². The van der Waals surface area contributed by atoms with E-state index in [0.717, 1.165) is 12.4 Å². The predicted octanol–water partition coefficient (Wildman–Crippen LogP) is 2.58. The van der Waals surface area contributed by atoms with E-state index in [-0.39, 0.29) is 0 Å². The van der Waals surface area contributed by atoms with Gasteiger partial charge >= 0.3 is 0 Å². The number of hydrogen-bond acceptors (Lipinski definition) is 3. The summed E-state index contributed by atoms with van der Waals surface area (Å²) < 4.78 is 0. The summed E-state index contributed by atoms with van der Waals surface area (Å²) in [6.45, 7) is 2.89. The smallest absolute Gasteiger partial charge is 0.126 e. The van der Waals surface area contributed by atoms with Gasteiger partial charge in [-0.15, -0.1) is 0 Å². The number of aryl methyl sites for hydroxylation is 1. The minimum atomic E-state index is 0.682. The number of aromatic nitrogens is 1. The van der Waals surface area contributed by atoms with Crippen molar-refractivity contribution in [2.45, 2.75) is 13.5 Å². The SMILES string of the molecule is Cc1ccccc1CNc1ccc(N)cn1. The van der Waals surface area contributed by atoms with E-state index in [4.69, 9.17) is 5.73 Å². The summed E-state index contributed by atoms with van der Waals surface area (Å²) in [6.07, 6.45) is 1.65. The molecular formula is C13H15N3. The van der Waals surface area contributed by atoms with E-state index in [9.17, 15) is 0 Å². The number of nitrogens with one attached hydrogen (secondary N) is 1. The largest absolute Gasteiger partial charge is 0.397 e. The Labute approximate surface area is 95.3 Å². The topological polar surface area (TPSA) is 50.9 Å². The van der Waals surface area contributed by atoms with Crippen LogP contribution in [0.1, 0.15) is 11.1 Å². The van der Waals surface area contributed by atoms with E-state index >= 15 is 0 Å². The molecule has 3 nitrogen and oxygen atoms in total. The first-order chi connectivity index (χ1) is 7.75. The number of benzene rings is 1. The molecule has 16 heavy (non-hydrogen) atoms. The van der Waals surface area contributed by atoms with Crippen LogP contribution in [0.15, 0.2) is 42.6 Å². The molecule has 2 aromatic rings. The van der Waals surface area contributed by atoms with Gasteiger partial charge in [0.15, 0.2) is 0 Å². The lowest BCUT2D eigenvalue weighted by Crippen LogP contribution is -2.02. The second kappa shape index (κ2) is 4.66. The first-order valence-corrected chi connectivity index (χ1v) is 5.25. The molecule has 0 radical (unpaired) electrons. The highest BCUT2D eigenvalue weighted by Gasteiger charge is 1.97. The highest BCUT2D eigenvalue weighted by Crippen LogP contribution is 2.11. The zero-order chi connectivity index (χ0) is 11.4. The van der Waals surface area contributed by atoms with Crippen molar-refractivity contribution in [1.29, 1.82) is 0 Å². The van der Waals surface area contributed by atoms with Crippen molar-refractivity contribution in [2.24, 2.45) is 0 Å². The van der Waals surface area contributed by atoms with E-state index in [1.807, 2.05) is 24.3 Å². The fourth-order valence-electron chi connectivity index (χ4n) is 1.50. The number of rotatable bonds is 3.